The predicted octanol–water partition coefficient (Wildman–Crippen LogP) is 3.11. The molecule has 1 unspecified atom stereocenters. The largest absolute Gasteiger partial charge is 0.392 e. The minimum Gasteiger partial charge on any atom is -0.392 e. The molecule has 1 aliphatic heterocycles. The van der Waals surface area contributed by atoms with E-state index in [0.29, 0.717) is 6.04 Å². The van der Waals surface area contributed by atoms with Crippen LogP contribution in [0, 0.1) is 0 Å². The monoisotopic (exact) mass is 256 g/mol. The number of benzene rings is 1. The van der Waals surface area contributed by atoms with Gasteiger partial charge >= 0.3 is 0 Å². The zero-order valence-corrected chi connectivity index (χ0v) is 11.3. The standard InChI is InChI=1S/C16H20N2O/c1-2-14-7-5-9-18(14)16-13(11-19)10-12-6-3-4-8-15(12)17-16/h3-4,6,8,10,14,19H,2,5,7,9,11H2,1H3. The van der Waals surface area contributed by atoms with Gasteiger partial charge in [0.05, 0.1) is 12.1 Å². The maximum Gasteiger partial charge on any atom is 0.135 e. The average Bonchev–Trinajstić information content (AvgIpc) is 2.94. The number of nitrogens with zero attached hydrogens (tertiary/aromatic N) is 2. The van der Waals surface area contributed by atoms with Crippen LogP contribution in [0.25, 0.3) is 10.9 Å². The molecule has 1 N–H and O–H groups in total. The molecular weight excluding hydrogens is 236 g/mol. The molecule has 100 valence electrons. The van der Waals surface area contributed by atoms with Crippen molar-refractivity contribution in [2.24, 2.45) is 0 Å². The Kier molecular flexibility index (Phi) is 3.38. The highest BCUT2D eigenvalue weighted by molar-refractivity contribution is 5.81. The van der Waals surface area contributed by atoms with Gasteiger partial charge in [0.15, 0.2) is 0 Å². The topological polar surface area (TPSA) is 36.4 Å². The molecule has 1 aliphatic rings. The molecule has 1 saturated heterocycles. The molecule has 2 aromatic rings. The van der Waals surface area contributed by atoms with Gasteiger partial charge < -0.3 is 10.0 Å². The highest BCUT2D eigenvalue weighted by atomic mass is 16.3. The SMILES string of the molecule is CCC1CCCN1c1nc2ccccc2cc1CO. The number of aliphatic hydroxyl groups is 1. The van der Waals surface area contributed by atoms with Crippen LogP contribution >= 0.6 is 0 Å². The van der Waals surface area contributed by atoms with Crippen LogP contribution in [0.15, 0.2) is 30.3 Å². The molecule has 0 bridgehead atoms. The van der Waals surface area contributed by atoms with Gasteiger partial charge in [-0.25, -0.2) is 4.98 Å². The number of anilines is 1. The fraction of sp³-hybridized carbons (Fsp3) is 0.438. The molecule has 3 heteroatoms. The number of hydrogen-bond acceptors (Lipinski definition) is 3. The lowest BCUT2D eigenvalue weighted by Gasteiger charge is -2.27. The third kappa shape index (κ3) is 2.19. The zero-order valence-electron chi connectivity index (χ0n) is 11.3. The fourth-order valence-corrected chi connectivity index (χ4v) is 3.05. The maximum absolute atomic E-state index is 9.63. The average molecular weight is 256 g/mol. The lowest BCUT2D eigenvalue weighted by Crippen LogP contribution is -2.30. The van der Waals surface area contributed by atoms with Crippen molar-refractivity contribution in [1.29, 1.82) is 0 Å². The first-order valence-electron chi connectivity index (χ1n) is 7.09. The van der Waals surface area contributed by atoms with E-state index in [1.165, 1.54) is 12.8 Å². The molecule has 1 fully saturated rings. The van der Waals surface area contributed by atoms with Crippen LogP contribution in [0.1, 0.15) is 31.7 Å². The fourth-order valence-electron chi connectivity index (χ4n) is 3.05. The van der Waals surface area contributed by atoms with Crippen molar-refractivity contribution in [2.45, 2.75) is 38.8 Å². The lowest BCUT2D eigenvalue weighted by molar-refractivity contribution is 0.281. The van der Waals surface area contributed by atoms with E-state index < -0.39 is 0 Å². The van der Waals surface area contributed by atoms with E-state index in [4.69, 9.17) is 4.98 Å². The van der Waals surface area contributed by atoms with Gasteiger partial charge in [0, 0.05) is 23.5 Å². The number of para-hydroxylation sites is 1. The first-order chi connectivity index (χ1) is 9.33. The van der Waals surface area contributed by atoms with Crippen LogP contribution in [-0.4, -0.2) is 22.7 Å². The molecule has 1 atom stereocenters. The molecule has 0 amide bonds. The molecule has 19 heavy (non-hydrogen) atoms. The molecule has 1 aromatic carbocycles. The van der Waals surface area contributed by atoms with Crippen LogP contribution in [0.2, 0.25) is 0 Å². The molecule has 2 heterocycles. The Morgan fingerprint density at radius 1 is 1.37 bits per heavy atom. The molecule has 0 spiro atoms. The molecule has 3 rings (SSSR count). The summed E-state index contributed by atoms with van der Waals surface area (Å²) in [5.41, 5.74) is 1.95. The number of rotatable bonds is 3. The maximum atomic E-state index is 9.63. The molecular formula is C16H20N2O. The first-order valence-corrected chi connectivity index (χ1v) is 7.09. The minimum absolute atomic E-state index is 0.0557. The Labute approximate surface area is 113 Å². The first kappa shape index (κ1) is 12.4. The van der Waals surface area contributed by atoms with Gasteiger partial charge in [0.1, 0.15) is 5.82 Å². The Morgan fingerprint density at radius 3 is 3.00 bits per heavy atom. The van der Waals surface area contributed by atoms with Crippen molar-refractivity contribution >= 4 is 16.7 Å². The van der Waals surface area contributed by atoms with E-state index in [9.17, 15) is 5.11 Å². The molecule has 0 aliphatic carbocycles. The van der Waals surface area contributed by atoms with Crippen LogP contribution in [0.4, 0.5) is 5.82 Å². The van der Waals surface area contributed by atoms with E-state index in [0.717, 1.165) is 35.2 Å². The minimum atomic E-state index is 0.0557. The van der Waals surface area contributed by atoms with E-state index >= 15 is 0 Å². The van der Waals surface area contributed by atoms with Crippen LogP contribution in [0.5, 0.6) is 0 Å². The highest BCUT2D eigenvalue weighted by Gasteiger charge is 2.26. The van der Waals surface area contributed by atoms with Crippen molar-refractivity contribution in [3.63, 3.8) is 0 Å². The summed E-state index contributed by atoms with van der Waals surface area (Å²) in [6.07, 6.45) is 3.59. The summed E-state index contributed by atoms with van der Waals surface area (Å²) in [5.74, 6) is 0.977. The van der Waals surface area contributed by atoms with Gasteiger partial charge in [0.2, 0.25) is 0 Å². The zero-order chi connectivity index (χ0) is 13.2. The van der Waals surface area contributed by atoms with Crippen molar-refractivity contribution in [3.05, 3.63) is 35.9 Å². The van der Waals surface area contributed by atoms with Gasteiger partial charge in [-0.3, -0.25) is 0 Å². The third-order valence-electron chi connectivity index (χ3n) is 4.07. The molecule has 0 saturated carbocycles. The normalized spacial score (nSPS) is 19.3. The quantitative estimate of drug-likeness (QED) is 0.916. The predicted molar refractivity (Wildman–Crippen MR) is 78.3 cm³/mol. The van der Waals surface area contributed by atoms with Crippen LogP contribution < -0.4 is 4.90 Å². The van der Waals surface area contributed by atoms with E-state index in [-0.39, 0.29) is 6.61 Å². The van der Waals surface area contributed by atoms with Crippen LogP contribution in [-0.2, 0) is 6.61 Å². The summed E-state index contributed by atoms with van der Waals surface area (Å²) in [7, 11) is 0. The Hall–Kier alpha value is -1.61. The Morgan fingerprint density at radius 2 is 2.21 bits per heavy atom. The van der Waals surface area contributed by atoms with Crippen molar-refractivity contribution in [3.8, 4) is 0 Å². The second-order valence-electron chi connectivity index (χ2n) is 5.22. The number of aromatic nitrogens is 1. The van der Waals surface area contributed by atoms with E-state index in [1.807, 2.05) is 24.3 Å². The summed E-state index contributed by atoms with van der Waals surface area (Å²) in [4.78, 5) is 7.17. The summed E-state index contributed by atoms with van der Waals surface area (Å²) in [5, 5.41) is 10.7. The Bertz CT molecular complexity index is 582. The van der Waals surface area contributed by atoms with Gasteiger partial charge in [-0.15, -0.1) is 0 Å². The van der Waals surface area contributed by atoms with E-state index in [1.54, 1.807) is 0 Å². The molecule has 0 radical (unpaired) electrons. The summed E-state index contributed by atoms with van der Waals surface area (Å²) in [6.45, 7) is 3.33. The summed E-state index contributed by atoms with van der Waals surface area (Å²) in [6, 6.07) is 10.7. The smallest absolute Gasteiger partial charge is 0.135 e. The lowest BCUT2D eigenvalue weighted by atomic mass is 10.1. The van der Waals surface area contributed by atoms with Crippen molar-refractivity contribution < 1.29 is 5.11 Å². The highest BCUT2D eigenvalue weighted by Crippen LogP contribution is 2.30. The second-order valence-corrected chi connectivity index (χ2v) is 5.22. The van der Waals surface area contributed by atoms with E-state index in [2.05, 4.69) is 17.9 Å². The van der Waals surface area contributed by atoms with Gasteiger partial charge in [0.25, 0.3) is 0 Å². The van der Waals surface area contributed by atoms with Gasteiger partial charge in [-0.05, 0) is 31.4 Å². The van der Waals surface area contributed by atoms with Gasteiger partial charge in [-0.1, -0.05) is 25.1 Å². The number of hydrogen-bond donors (Lipinski definition) is 1. The summed E-state index contributed by atoms with van der Waals surface area (Å²) >= 11 is 0. The van der Waals surface area contributed by atoms with Crippen molar-refractivity contribution in [1.82, 2.24) is 4.98 Å². The Balaban J connectivity index is 2.10. The number of pyridine rings is 1. The van der Waals surface area contributed by atoms with Gasteiger partial charge in [-0.2, -0.15) is 0 Å². The molecule has 3 nitrogen and oxygen atoms in total. The third-order valence-corrected chi connectivity index (χ3v) is 4.07. The number of fused-ring (bicyclic) bond motifs is 1. The summed E-state index contributed by atoms with van der Waals surface area (Å²) < 4.78 is 0. The van der Waals surface area contributed by atoms with Crippen molar-refractivity contribution in [2.75, 3.05) is 11.4 Å². The van der Waals surface area contributed by atoms with Crippen LogP contribution in [0.3, 0.4) is 0 Å². The molecule has 1 aromatic heterocycles. The second kappa shape index (κ2) is 5.17. The number of aliphatic hydroxyl groups excluding tert-OH is 1.